The van der Waals surface area contributed by atoms with Gasteiger partial charge >= 0.3 is 294 Å². The van der Waals surface area contributed by atoms with E-state index in [9.17, 15) is 0 Å². The zero-order valence-corrected chi connectivity index (χ0v) is 37.6. The average Bonchev–Trinajstić information content (AvgIpc) is 3.79. The number of thiophene rings is 2. The first-order valence-corrected chi connectivity index (χ1v) is 39.9. The van der Waals surface area contributed by atoms with Gasteiger partial charge in [-0.3, -0.25) is 0 Å². The summed E-state index contributed by atoms with van der Waals surface area (Å²) in [6, 6.07) is 5.25. The van der Waals surface area contributed by atoms with Crippen molar-refractivity contribution < 1.29 is 0 Å². The molecule has 1 aromatic carbocycles. The van der Waals surface area contributed by atoms with Gasteiger partial charge < -0.3 is 0 Å². The zero-order valence-electron chi connectivity index (χ0n) is 29.4. The van der Waals surface area contributed by atoms with E-state index in [-0.39, 0.29) is 0 Å². The van der Waals surface area contributed by atoms with Gasteiger partial charge in [-0.05, 0) is 0 Å². The molecule has 0 aliphatic heterocycles. The van der Waals surface area contributed by atoms with Crippen molar-refractivity contribution in [2.24, 2.45) is 11.8 Å². The van der Waals surface area contributed by atoms with E-state index < -0.39 is 36.8 Å². The third kappa shape index (κ3) is 6.29. The predicted octanol–water partition coefficient (Wildman–Crippen LogP) is 11.6. The zero-order chi connectivity index (χ0) is 32.3. The fourth-order valence-electron chi connectivity index (χ4n) is 7.17. The Hall–Kier alpha value is -0.363. The molecular weight excluding hydrogens is 822 g/mol. The van der Waals surface area contributed by atoms with E-state index in [0.717, 1.165) is 24.1 Å². The van der Waals surface area contributed by atoms with Crippen molar-refractivity contribution in [1.29, 1.82) is 0 Å². The normalized spacial score (nSPS) is 14.7. The van der Waals surface area contributed by atoms with Crippen molar-refractivity contribution in [2.75, 3.05) is 0 Å². The molecule has 5 aromatic heterocycles. The number of benzene rings is 1. The van der Waals surface area contributed by atoms with E-state index in [1.165, 1.54) is 105 Å². The third-order valence-corrected chi connectivity index (χ3v) is 31.8. The molecule has 9 heteroatoms. The predicted molar refractivity (Wildman–Crippen MR) is 212 cm³/mol. The Labute approximate surface area is 291 Å². The van der Waals surface area contributed by atoms with Crippen LogP contribution in [0.4, 0.5) is 0 Å². The Kier molecular flexibility index (Phi) is 10.4. The molecule has 2 unspecified atom stereocenters. The van der Waals surface area contributed by atoms with Gasteiger partial charge in [-0.15, -0.1) is 0 Å². The summed E-state index contributed by atoms with van der Waals surface area (Å²) >= 11 is 1.01. The Morgan fingerprint density at radius 3 is 1.38 bits per heavy atom. The summed E-state index contributed by atoms with van der Waals surface area (Å²) in [5.41, 5.74) is 8.13. The number of hydrogen-bond donors (Lipinski definition) is 0. The minimum absolute atomic E-state index is 0.684. The summed E-state index contributed by atoms with van der Waals surface area (Å²) in [5, 5.41) is 2.78. The summed E-state index contributed by atoms with van der Waals surface area (Å²) in [6.45, 7) is 11.7. The molecule has 0 aliphatic carbocycles. The molecule has 45 heavy (non-hydrogen) atoms. The first-order chi connectivity index (χ1) is 21.4. The van der Waals surface area contributed by atoms with E-state index in [4.69, 9.17) is 8.75 Å². The van der Waals surface area contributed by atoms with Gasteiger partial charge in [0.05, 0.1) is 0 Å². The summed E-state index contributed by atoms with van der Waals surface area (Å²) in [4.78, 5) is 15.4. The van der Waals surface area contributed by atoms with Crippen LogP contribution in [0.25, 0.3) is 53.3 Å². The number of nitrogens with zero attached hydrogens (tertiary/aromatic N) is 4. The first-order valence-electron chi connectivity index (χ1n) is 17.6. The topological polar surface area (TPSA) is 35.6 Å². The summed E-state index contributed by atoms with van der Waals surface area (Å²) in [5.74, 6) is 1.37. The Bertz CT molecular complexity index is 1820. The number of rotatable bonds is 14. The van der Waals surface area contributed by atoms with Crippen LogP contribution in [0.15, 0.2) is 12.1 Å². The molecular formula is C36H54N4S3Sn2. The maximum atomic E-state index is 5.12. The Morgan fingerprint density at radius 2 is 1.04 bits per heavy atom. The van der Waals surface area contributed by atoms with Crippen molar-refractivity contribution in [3.8, 4) is 0 Å². The van der Waals surface area contributed by atoms with E-state index >= 15 is 0 Å². The van der Waals surface area contributed by atoms with Gasteiger partial charge in [0.15, 0.2) is 0 Å². The number of aromatic nitrogens is 4. The van der Waals surface area contributed by atoms with Crippen LogP contribution in [0.5, 0.6) is 0 Å². The molecule has 0 fully saturated rings. The molecule has 5 heterocycles. The molecule has 4 nitrogen and oxygen atoms in total. The van der Waals surface area contributed by atoms with Crippen molar-refractivity contribution in [2.45, 2.75) is 122 Å². The van der Waals surface area contributed by atoms with Gasteiger partial charge in [0.25, 0.3) is 0 Å². The second kappa shape index (κ2) is 13.5. The minimum atomic E-state index is -2.30. The quantitative estimate of drug-likeness (QED) is 0.102. The molecule has 0 N–H and O–H groups in total. The van der Waals surface area contributed by atoms with Crippen molar-refractivity contribution >= 4 is 130 Å². The monoisotopic (exact) mass is 878 g/mol. The van der Waals surface area contributed by atoms with Crippen LogP contribution in [0.3, 0.4) is 0 Å². The van der Waals surface area contributed by atoms with Gasteiger partial charge in [0.2, 0.25) is 0 Å². The van der Waals surface area contributed by atoms with Crippen LogP contribution in [0.1, 0.15) is 79.1 Å². The molecule has 0 radical (unpaired) electrons. The second-order valence-electron chi connectivity index (χ2n) is 15.6. The first kappa shape index (κ1) is 34.5. The van der Waals surface area contributed by atoms with Crippen LogP contribution in [-0.4, -0.2) is 54.6 Å². The van der Waals surface area contributed by atoms with Crippen LogP contribution in [0, 0.1) is 11.8 Å². The van der Waals surface area contributed by atoms with E-state index in [1.807, 2.05) is 0 Å². The number of unbranched alkanes of at least 4 members (excludes halogenated alkanes) is 2. The molecule has 0 aliphatic rings. The third-order valence-electron chi connectivity index (χ3n) is 10.1. The van der Waals surface area contributed by atoms with Gasteiger partial charge in [0, 0.05) is 0 Å². The number of hydrogen-bond acceptors (Lipinski definition) is 5. The van der Waals surface area contributed by atoms with Crippen molar-refractivity contribution in [3.05, 3.63) is 12.1 Å². The molecule has 2 atom stereocenters. The Morgan fingerprint density at radius 1 is 0.644 bits per heavy atom. The van der Waals surface area contributed by atoms with Crippen LogP contribution in [-0.2, 0) is 13.1 Å². The van der Waals surface area contributed by atoms with Gasteiger partial charge in [-0.2, -0.15) is 0 Å². The summed E-state index contributed by atoms with van der Waals surface area (Å²) < 4.78 is 22.1. The molecule has 6 rings (SSSR count). The molecule has 0 spiro atoms. The van der Waals surface area contributed by atoms with Crippen molar-refractivity contribution in [1.82, 2.24) is 17.9 Å². The average molecular weight is 876 g/mol. The molecule has 0 amide bonds. The molecule has 6 aromatic rings. The van der Waals surface area contributed by atoms with Crippen molar-refractivity contribution in [3.63, 3.8) is 0 Å². The summed E-state index contributed by atoms with van der Waals surface area (Å²) in [6.07, 6.45) is 10.2. The fraction of sp³-hybridized carbons (Fsp3) is 0.611. The standard InChI is InChI=1S/C30H36N4S3.6CH3.2Sn/c1-5-9-11-19(7-3)17-33-21-13-15-35-29(21)23-25-26(32-37-31-25)24-28(27(23)33)34(22-14-16-36-30(22)24)18-20(8-4)12-10-6-2;;;;;;;;/h13-14,19-20H,5-12,17-18H2,1-4H3;6*1H3;;. The van der Waals surface area contributed by atoms with Crippen LogP contribution < -0.4 is 5.79 Å². The van der Waals surface area contributed by atoms with Crippen LogP contribution in [0.2, 0.25) is 29.6 Å². The molecule has 244 valence electrons. The van der Waals surface area contributed by atoms with Gasteiger partial charge in [-0.25, -0.2) is 0 Å². The molecule has 0 saturated heterocycles. The second-order valence-corrected chi connectivity index (χ2v) is 49.1. The van der Waals surface area contributed by atoms with E-state index in [0.29, 0.717) is 11.8 Å². The fourth-order valence-corrected chi connectivity index (χ4v) is 20.5. The molecule has 0 saturated carbocycles. The summed E-state index contributed by atoms with van der Waals surface area (Å²) in [7, 11) is 0. The number of fused-ring (bicyclic) bond motifs is 10. The molecule has 0 bridgehead atoms. The van der Waals surface area contributed by atoms with E-state index in [1.54, 1.807) is 5.79 Å². The maximum absolute atomic E-state index is 5.12. The SMILES string of the molecule is CCCCC(CC)Cn1c2c[c]([Sn]([CH3])([CH3])[CH3])sc2c2c3nsnc3c3c4s[c]([Sn]([CH3])([CH3])[CH3])cc4n(CC(CC)CCCC)c3c21. The van der Waals surface area contributed by atoms with E-state index in [2.05, 4.69) is 101 Å². The van der Waals surface area contributed by atoms with Gasteiger partial charge in [0.1, 0.15) is 0 Å². The van der Waals surface area contributed by atoms with Crippen LogP contribution >= 0.6 is 34.4 Å². The van der Waals surface area contributed by atoms with Gasteiger partial charge in [-0.1, -0.05) is 0 Å². The Balaban J connectivity index is 1.77.